The Kier molecular flexibility index (Phi) is 5.88. The molecule has 2 rings (SSSR count). The Balaban J connectivity index is 1.83. The monoisotopic (exact) mass is 343 g/mol. The largest absolute Gasteiger partial charge is 0.382 e. The molecule has 0 aliphatic rings. The first-order valence-corrected chi connectivity index (χ1v) is 7.97. The summed E-state index contributed by atoms with van der Waals surface area (Å²) < 4.78 is 8.60. The third-order valence-corrected chi connectivity index (χ3v) is 4.23. The molecule has 0 bridgehead atoms. The second-order valence-electron chi connectivity index (χ2n) is 4.06. The quantitative estimate of drug-likeness (QED) is 0.744. The van der Waals surface area contributed by atoms with Crippen molar-refractivity contribution in [2.24, 2.45) is 0 Å². The van der Waals surface area contributed by atoms with Crippen LogP contribution in [0.1, 0.15) is 18.2 Å². The summed E-state index contributed by atoms with van der Waals surface area (Å²) in [6.07, 6.45) is 4.82. The van der Waals surface area contributed by atoms with Crippen molar-refractivity contribution >= 4 is 33.2 Å². The van der Waals surface area contributed by atoms with Crippen LogP contribution in [-0.2, 0) is 11.3 Å². The zero-order chi connectivity index (χ0) is 13.5. The van der Waals surface area contributed by atoms with Gasteiger partial charge in [0.1, 0.15) is 0 Å². The minimum Gasteiger partial charge on any atom is -0.382 e. The molecule has 0 spiro atoms. The SMILES string of the molecule is CCOCCCNc1nccn1Cc1ccc(Br)s1. The summed E-state index contributed by atoms with van der Waals surface area (Å²) in [5.41, 5.74) is 0. The Bertz CT molecular complexity index is 498. The van der Waals surface area contributed by atoms with Crippen LogP contribution in [0.15, 0.2) is 28.3 Å². The molecule has 6 heteroatoms. The minimum absolute atomic E-state index is 0.780. The van der Waals surface area contributed by atoms with Crippen LogP contribution in [0.4, 0.5) is 5.95 Å². The number of hydrogen-bond acceptors (Lipinski definition) is 4. The smallest absolute Gasteiger partial charge is 0.203 e. The van der Waals surface area contributed by atoms with Crippen LogP contribution in [0.5, 0.6) is 0 Å². The Morgan fingerprint density at radius 1 is 1.47 bits per heavy atom. The van der Waals surface area contributed by atoms with Crippen LogP contribution in [0.3, 0.4) is 0 Å². The summed E-state index contributed by atoms with van der Waals surface area (Å²) in [5, 5.41) is 3.34. The predicted molar refractivity (Wildman–Crippen MR) is 82.9 cm³/mol. The molecule has 2 heterocycles. The van der Waals surface area contributed by atoms with Crippen LogP contribution in [0.2, 0.25) is 0 Å². The van der Waals surface area contributed by atoms with Crippen LogP contribution in [0.25, 0.3) is 0 Å². The second kappa shape index (κ2) is 7.67. The number of ether oxygens (including phenoxy) is 1. The first-order valence-electron chi connectivity index (χ1n) is 6.36. The van der Waals surface area contributed by atoms with Gasteiger partial charge >= 0.3 is 0 Å². The molecule has 2 aromatic heterocycles. The molecule has 2 aromatic rings. The minimum atomic E-state index is 0.780. The number of nitrogens with one attached hydrogen (secondary N) is 1. The van der Waals surface area contributed by atoms with Gasteiger partial charge in [-0.25, -0.2) is 4.98 Å². The number of halogens is 1. The van der Waals surface area contributed by atoms with Gasteiger partial charge in [0.05, 0.1) is 10.3 Å². The summed E-state index contributed by atoms with van der Waals surface area (Å²) in [6, 6.07) is 4.21. The molecule has 0 fully saturated rings. The van der Waals surface area contributed by atoms with Crippen molar-refractivity contribution in [3.05, 3.63) is 33.2 Å². The number of aromatic nitrogens is 2. The zero-order valence-electron chi connectivity index (χ0n) is 10.9. The van der Waals surface area contributed by atoms with Crippen LogP contribution < -0.4 is 5.32 Å². The van der Waals surface area contributed by atoms with E-state index in [1.165, 1.54) is 4.88 Å². The normalized spacial score (nSPS) is 10.8. The van der Waals surface area contributed by atoms with Crippen molar-refractivity contribution in [2.75, 3.05) is 25.1 Å². The molecule has 0 unspecified atom stereocenters. The van der Waals surface area contributed by atoms with Crippen molar-refractivity contribution in [1.82, 2.24) is 9.55 Å². The second-order valence-corrected chi connectivity index (χ2v) is 6.61. The number of thiophene rings is 1. The van der Waals surface area contributed by atoms with Crippen molar-refractivity contribution in [3.63, 3.8) is 0 Å². The lowest BCUT2D eigenvalue weighted by molar-refractivity contribution is 0.147. The van der Waals surface area contributed by atoms with Gasteiger partial charge < -0.3 is 14.6 Å². The first-order chi connectivity index (χ1) is 9.29. The van der Waals surface area contributed by atoms with E-state index in [4.69, 9.17) is 4.74 Å². The van der Waals surface area contributed by atoms with Crippen molar-refractivity contribution < 1.29 is 4.74 Å². The van der Waals surface area contributed by atoms with Gasteiger partial charge in [0.2, 0.25) is 5.95 Å². The summed E-state index contributed by atoms with van der Waals surface area (Å²) >= 11 is 5.23. The van der Waals surface area contributed by atoms with E-state index in [1.807, 2.05) is 19.3 Å². The van der Waals surface area contributed by atoms with Gasteiger partial charge in [-0.15, -0.1) is 11.3 Å². The van der Waals surface area contributed by atoms with E-state index in [1.54, 1.807) is 11.3 Å². The summed E-state index contributed by atoms with van der Waals surface area (Å²) in [4.78, 5) is 5.65. The van der Waals surface area contributed by atoms with Crippen LogP contribution in [-0.4, -0.2) is 29.3 Å². The Morgan fingerprint density at radius 3 is 3.11 bits per heavy atom. The number of anilines is 1. The summed E-state index contributed by atoms with van der Waals surface area (Å²) in [5.74, 6) is 0.918. The molecular formula is C13H18BrN3OS. The van der Waals surface area contributed by atoms with Gasteiger partial charge in [0.15, 0.2) is 0 Å². The maximum atomic E-state index is 5.31. The average Bonchev–Trinajstić information content (AvgIpc) is 3.00. The van der Waals surface area contributed by atoms with Gasteiger partial charge in [0.25, 0.3) is 0 Å². The van der Waals surface area contributed by atoms with Crippen molar-refractivity contribution in [2.45, 2.75) is 19.9 Å². The topological polar surface area (TPSA) is 39.1 Å². The highest BCUT2D eigenvalue weighted by molar-refractivity contribution is 9.11. The molecule has 0 aromatic carbocycles. The highest BCUT2D eigenvalue weighted by Crippen LogP contribution is 2.23. The van der Waals surface area contributed by atoms with Gasteiger partial charge in [0, 0.05) is 37.0 Å². The maximum absolute atomic E-state index is 5.31. The van der Waals surface area contributed by atoms with Gasteiger partial charge in [-0.1, -0.05) is 0 Å². The average molecular weight is 344 g/mol. The number of imidazole rings is 1. The van der Waals surface area contributed by atoms with Crippen LogP contribution in [0, 0.1) is 0 Å². The van der Waals surface area contributed by atoms with E-state index in [-0.39, 0.29) is 0 Å². The lowest BCUT2D eigenvalue weighted by Gasteiger charge is -2.08. The fraction of sp³-hybridized carbons (Fsp3) is 0.462. The van der Waals surface area contributed by atoms with Gasteiger partial charge in [-0.05, 0) is 41.4 Å². The molecule has 0 saturated carbocycles. The zero-order valence-corrected chi connectivity index (χ0v) is 13.3. The standard InChI is InChI=1S/C13H18BrN3OS/c1-2-18-9-3-6-15-13-16-7-8-17(13)10-11-4-5-12(14)19-11/h4-5,7-8H,2-3,6,9-10H2,1H3,(H,15,16). The van der Waals surface area contributed by atoms with E-state index in [9.17, 15) is 0 Å². The molecule has 4 nitrogen and oxygen atoms in total. The van der Waals surface area contributed by atoms with Crippen LogP contribution >= 0.6 is 27.3 Å². The highest BCUT2D eigenvalue weighted by Gasteiger charge is 2.04. The lowest BCUT2D eigenvalue weighted by atomic mass is 10.4. The molecular weight excluding hydrogens is 326 g/mol. The molecule has 0 saturated heterocycles. The summed E-state index contributed by atoms with van der Waals surface area (Å²) in [6.45, 7) is 5.32. The van der Waals surface area contributed by atoms with Gasteiger partial charge in [-0.3, -0.25) is 0 Å². The number of rotatable bonds is 8. The molecule has 0 amide bonds. The first kappa shape index (κ1) is 14.6. The van der Waals surface area contributed by atoms with E-state index in [0.29, 0.717) is 0 Å². The molecule has 104 valence electrons. The Labute approximate surface area is 125 Å². The maximum Gasteiger partial charge on any atom is 0.203 e. The van der Waals surface area contributed by atoms with E-state index < -0.39 is 0 Å². The van der Waals surface area contributed by atoms with E-state index in [0.717, 1.165) is 42.5 Å². The lowest BCUT2D eigenvalue weighted by Crippen LogP contribution is -2.10. The third-order valence-electron chi connectivity index (χ3n) is 2.62. The molecule has 19 heavy (non-hydrogen) atoms. The Morgan fingerprint density at radius 2 is 2.37 bits per heavy atom. The van der Waals surface area contributed by atoms with Crippen molar-refractivity contribution in [3.8, 4) is 0 Å². The number of nitrogens with zero attached hydrogens (tertiary/aromatic N) is 2. The number of hydrogen-bond donors (Lipinski definition) is 1. The fourth-order valence-corrected chi connectivity index (χ4v) is 3.21. The molecule has 0 radical (unpaired) electrons. The van der Waals surface area contributed by atoms with E-state index >= 15 is 0 Å². The summed E-state index contributed by atoms with van der Waals surface area (Å²) in [7, 11) is 0. The molecule has 0 aliphatic heterocycles. The molecule has 1 N–H and O–H groups in total. The molecule has 0 atom stereocenters. The fourth-order valence-electron chi connectivity index (χ4n) is 1.73. The Hall–Kier alpha value is -0.850. The highest BCUT2D eigenvalue weighted by atomic mass is 79.9. The molecule has 0 aliphatic carbocycles. The predicted octanol–water partition coefficient (Wildman–Crippen LogP) is 3.59. The van der Waals surface area contributed by atoms with E-state index in [2.05, 4.69) is 42.9 Å². The third kappa shape index (κ3) is 4.63. The van der Waals surface area contributed by atoms with Gasteiger partial charge in [-0.2, -0.15) is 0 Å². The van der Waals surface area contributed by atoms with Crippen molar-refractivity contribution in [1.29, 1.82) is 0 Å².